The van der Waals surface area contributed by atoms with Crippen molar-refractivity contribution < 1.29 is 4.74 Å². The predicted octanol–water partition coefficient (Wildman–Crippen LogP) is 2.20. The normalized spacial score (nSPS) is 16.2. The molecule has 0 heterocycles. The molecule has 2 atom stereocenters. The average molecular weight is 214 g/mol. The van der Waals surface area contributed by atoms with Gasteiger partial charge in [-0.15, -0.1) is 0 Å². The highest BCUT2D eigenvalue weighted by Gasteiger charge is 2.25. The van der Waals surface area contributed by atoms with E-state index in [1.54, 1.807) is 0 Å². The third kappa shape index (κ3) is 5.19. The number of hydrogen-bond acceptors (Lipinski definition) is 3. The van der Waals surface area contributed by atoms with E-state index in [9.17, 15) is 0 Å². The van der Waals surface area contributed by atoms with Crippen molar-refractivity contribution in [2.45, 2.75) is 52.2 Å². The molecule has 0 aromatic rings. The van der Waals surface area contributed by atoms with Crippen LogP contribution in [-0.4, -0.2) is 36.3 Å². The number of likely N-dealkylation sites (N-methyl/N-ethyl adjacent to an activating group) is 1. The van der Waals surface area contributed by atoms with Crippen LogP contribution in [0.15, 0.2) is 12.8 Å². The van der Waals surface area contributed by atoms with Crippen molar-refractivity contribution in [2.75, 3.05) is 13.8 Å². The summed E-state index contributed by atoms with van der Waals surface area (Å²) in [5, 5.41) is 3.30. The molecule has 0 aromatic carbocycles. The highest BCUT2D eigenvalue weighted by Crippen LogP contribution is 2.15. The maximum Gasteiger partial charge on any atom is 0.138 e. The number of rotatable bonds is 6. The van der Waals surface area contributed by atoms with Gasteiger partial charge >= 0.3 is 0 Å². The van der Waals surface area contributed by atoms with Crippen LogP contribution < -0.4 is 5.32 Å². The molecule has 3 heteroatoms. The van der Waals surface area contributed by atoms with E-state index in [4.69, 9.17) is 4.74 Å². The zero-order chi connectivity index (χ0) is 12.1. The summed E-state index contributed by atoms with van der Waals surface area (Å²) in [6.07, 6.45) is 1.46. The molecule has 0 rings (SSSR count). The molecule has 0 bridgehead atoms. The SMILES string of the molecule is C=COCNC(C)[C@@H](C)N(C)C(C)(C)C. The smallest absolute Gasteiger partial charge is 0.138 e. The van der Waals surface area contributed by atoms with Gasteiger partial charge in [-0.3, -0.25) is 10.2 Å². The van der Waals surface area contributed by atoms with Crippen LogP contribution in [0.4, 0.5) is 0 Å². The summed E-state index contributed by atoms with van der Waals surface area (Å²) in [7, 11) is 2.15. The van der Waals surface area contributed by atoms with Gasteiger partial charge < -0.3 is 4.74 Å². The van der Waals surface area contributed by atoms with Gasteiger partial charge in [0.1, 0.15) is 6.73 Å². The molecule has 1 unspecified atom stereocenters. The Morgan fingerprint density at radius 3 is 2.33 bits per heavy atom. The van der Waals surface area contributed by atoms with Crippen LogP contribution in [-0.2, 0) is 4.74 Å². The van der Waals surface area contributed by atoms with Crippen LogP contribution in [0.2, 0.25) is 0 Å². The first-order valence-electron chi connectivity index (χ1n) is 5.49. The largest absolute Gasteiger partial charge is 0.487 e. The van der Waals surface area contributed by atoms with Crippen LogP contribution in [0.3, 0.4) is 0 Å². The molecule has 0 saturated heterocycles. The minimum atomic E-state index is 0.189. The molecule has 0 aliphatic carbocycles. The molecule has 0 aliphatic rings. The minimum Gasteiger partial charge on any atom is -0.487 e. The molecule has 0 amide bonds. The Balaban J connectivity index is 4.07. The highest BCUT2D eigenvalue weighted by molar-refractivity contribution is 4.83. The van der Waals surface area contributed by atoms with Gasteiger partial charge in [0.05, 0.1) is 6.26 Å². The zero-order valence-electron chi connectivity index (χ0n) is 11.0. The lowest BCUT2D eigenvalue weighted by Gasteiger charge is -2.39. The van der Waals surface area contributed by atoms with Gasteiger partial charge in [0.15, 0.2) is 0 Å². The van der Waals surface area contributed by atoms with Crippen molar-refractivity contribution in [1.29, 1.82) is 0 Å². The molecule has 15 heavy (non-hydrogen) atoms. The van der Waals surface area contributed by atoms with Gasteiger partial charge in [-0.25, -0.2) is 0 Å². The van der Waals surface area contributed by atoms with Gasteiger partial charge in [0.2, 0.25) is 0 Å². The first-order chi connectivity index (χ1) is 6.80. The summed E-state index contributed by atoms with van der Waals surface area (Å²) < 4.78 is 5.05. The molecular weight excluding hydrogens is 188 g/mol. The monoisotopic (exact) mass is 214 g/mol. The molecule has 0 fully saturated rings. The minimum absolute atomic E-state index is 0.189. The Morgan fingerprint density at radius 1 is 1.40 bits per heavy atom. The Labute approximate surface area is 94.5 Å². The molecule has 0 aliphatic heterocycles. The number of nitrogens with zero attached hydrogens (tertiary/aromatic N) is 1. The van der Waals surface area contributed by atoms with E-state index in [1.165, 1.54) is 6.26 Å². The number of hydrogen-bond donors (Lipinski definition) is 1. The van der Waals surface area contributed by atoms with E-state index in [1.807, 2.05) is 0 Å². The molecule has 0 aromatic heterocycles. The average Bonchev–Trinajstić information content (AvgIpc) is 2.14. The van der Waals surface area contributed by atoms with E-state index < -0.39 is 0 Å². The summed E-state index contributed by atoms with van der Waals surface area (Å²) in [4.78, 5) is 2.36. The third-order valence-corrected chi connectivity index (χ3v) is 3.00. The fraction of sp³-hybridized carbons (Fsp3) is 0.833. The van der Waals surface area contributed by atoms with Crippen molar-refractivity contribution in [3.05, 3.63) is 12.8 Å². The molecule has 0 saturated carbocycles. The highest BCUT2D eigenvalue weighted by atomic mass is 16.5. The van der Waals surface area contributed by atoms with Crippen molar-refractivity contribution in [1.82, 2.24) is 10.2 Å². The summed E-state index contributed by atoms with van der Waals surface area (Å²) >= 11 is 0. The zero-order valence-corrected chi connectivity index (χ0v) is 11.0. The second-order valence-electron chi connectivity index (χ2n) is 4.99. The molecular formula is C12H26N2O. The van der Waals surface area contributed by atoms with Crippen molar-refractivity contribution in [3.8, 4) is 0 Å². The summed E-state index contributed by atoms with van der Waals surface area (Å²) in [6.45, 7) is 15.1. The standard InChI is InChI=1S/C12H26N2O/c1-8-15-9-13-10(2)11(3)14(7)12(4,5)6/h8,10-11,13H,1,9H2,2-7H3/t10?,11-/m1/s1. The maximum atomic E-state index is 5.05. The number of ether oxygens (including phenoxy) is 1. The van der Waals surface area contributed by atoms with Gasteiger partial charge in [-0.2, -0.15) is 0 Å². The number of nitrogens with one attached hydrogen (secondary N) is 1. The van der Waals surface area contributed by atoms with E-state index in [0.29, 0.717) is 18.8 Å². The van der Waals surface area contributed by atoms with Crippen LogP contribution in [0.5, 0.6) is 0 Å². The van der Waals surface area contributed by atoms with Crippen LogP contribution >= 0.6 is 0 Å². The molecule has 90 valence electrons. The molecule has 3 nitrogen and oxygen atoms in total. The van der Waals surface area contributed by atoms with Gasteiger partial charge in [-0.05, 0) is 41.7 Å². The molecule has 0 spiro atoms. The fourth-order valence-electron chi connectivity index (χ4n) is 1.36. The quantitative estimate of drug-likeness (QED) is 0.417. The van der Waals surface area contributed by atoms with E-state index in [2.05, 4.69) is 58.5 Å². The topological polar surface area (TPSA) is 24.5 Å². The Kier molecular flexibility index (Phi) is 5.91. The lowest BCUT2D eigenvalue weighted by atomic mass is 10.0. The Hall–Kier alpha value is -0.540. The van der Waals surface area contributed by atoms with E-state index >= 15 is 0 Å². The predicted molar refractivity (Wildman–Crippen MR) is 65.7 cm³/mol. The van der Waals surface area contributed by atoms with Crippen LogP contribution in [0.25, 0.3) is 0 Å². The second kappa shape index (κ2) is 6.13. The Morgan fingerprint density at radius 2 is 1.93 bits per heavy atom. The second-order valence-corrected chi connectivity index (χ2v) is 4.99. The van der Waals surface area contributed by atoms with Crippen molar-refractivity contribution in [2.24, 2.45) is 0 Å². The van der Waals surface area contributed by atoms with E-state index in [0.717, 1.165) is 0 Å². The van der Waals surface area contributed by atoms with Crippen molar-refractivity contribution >= 4 is 0 Å². The third-order valence-electron chi connectivity index (χ3n) is 3.00. The Bertz CT molecular complexity index is 187. The van der Waals surface area contributed by atoms with Gasteiger partial charge in [-0.1, -0.05) is 6.58 Å². The summed E-state index contributed by atoms with van der Waals surface area (Å²) in [6, 6.07) is 0.840. The lowest BCUT2D eigenvalue weighted by molar-refractivity contribution is 0.0924. The molecule has 1 N–H and O–H groups in total. The van der Waals surface area contributed by atoms with E-state index in [-0.39, 0.29) is 5.54 Å². The summed E-state index contributed by atoms with van der Waals surface area (Å²) in [5.74, 6) is 0. The fourth-order valence-corrected chi connectivity index (χ4v) is 1.36. The van der Waals surface area contributed by atoms with Crippen molar-refractivity contribution in [3.63, 3.8) is 0 Å². The summed E-state index contributed by atoms with van der Waals surface area (Å²) in [5.41, 5.74) is 0.189. The molecule has 0 radical (unpaired) electrons. The maximum absolute atomic E-state index is 5.05. The lowest BCUT2D eigenvalue weighted by Crippen LogP contribution is -2.52. The van der Waals surface area contributed by atoms with Crippen LogP contribution in [0.1, 0.15) is 34.6 Å². The van der Waals surface area contributed by atoms with Gasteiger partial charge in [0.25, 0.3) is 0 Å². The van der Waals surface area contributed by atoms with Gasteiger partial charge in [0, 0.05) is 17.6 Å². The van der Waals surface area contributed by atoms with Crippen LogP contribution in [0, 0.1) is 0 Å². The first kappa shape index (κ1) is 14.5. The first-order valence-corrected chi connectivity index (χ1v) is 5.49.